The van der Waals surface area contributed by atoms with Crippen molar-refractivity contribution in [2.45, 2.75) is 20.4 Å². The summed E-state index contributed by atoms with van der Waals surface area (Å²) in [5.41, 5.74) is 1.84. The Kier molecular flexibility index (Phi) is 2.63. The molecule has 0 aliphatic carbocycles. The van der Waals surface area contributed by atoms with Crippen molar-refractivity contribution >= 4 is 11.2 Å². The van der Waals surface area contributed by atoms with E-state index in [2.05, 4.69) is 19.9 Å². The summed E-state index contributed by atoms with van der Waals surface area (Å²) in [4.78, 5) is 27.2. The zero-order chi connectivity index (χ0) is 13.4. The molecule has 6 heteroatoms. The van der Waals surface area contributed by atoms with Crippen molar-refractivity contribution in [3.63, 3.8) is 0 Å². The predicted octanol–water partition coefficient (Wildman–Crippen LogP) is 1.18. The van der Waals surface area contributed by atoms with Gasteiger partial charge in [0.1, 0.15) is 11.6 Å². The number of fused-ring (bicyclic) bond motifs is 1. The molecule has 3 rings (SSSR count). The number of pyridine rings is 1. The van der Waals surface area contributed by atoms with Crippen LogP contribution in [0.3, 0.4) is 0 Å². The SMILES string of the molecule is Cc1nc2c(nc(C)n2Cc2cccnc2)c(=O)[nH]1. The normalized spacial score (nSPS) is 11.1. The van der Waals surface area contributed by atoms with E-state index in [4.69, 9.17) is 0 Å². The summed E-state index contributed by atoms with van der Waals surface area (Å²) in [6, 6.07) is 3.87. The minimum atomic E-state index is -0.199. The number of aromatic nitrogens is 5. The van der Waals surface area contributed by atoms with Gasteiger partial charge in [0.25, 0.3) is 5.56 Å². The third-order valence-electron chi connectivity index (χ3n) is 2.98. The van der Waals surface area contributed by atoms with Crippen molar-refractivity contribution in [2.75, 3.05) is 0 Å². The van der Waals surface area contributed by atoms with Crippen LogP contribution in [0.1, 0.15) is 17.2 Å². The fourth-order valence-electron chi connectivity index (χ4n) is 2.09. The molecule has 0 radical (unpaired) electrons. The van der Waals surface area contributed by atoms with Gasteiger partial charge in [-0.15, -0.1) is 0 Å². The van der Waals surface area contributed by atoms with Crippen LogP contribution in [0, 0.1) is 13.8 Å². The highest BCUT2D eigenvalue weighted by atomic mass is 16.1. The predicted molar refractivity (Wildman–Crippen MR) is 71.0 cm³/mol. The molecule has 3 aromatic rings. The molecule has 0 fully saturated rings. The molecule has 0 aliphatic rings. The Hall–Kier alpha value is -2.50. The minimum absolute atomic E-state index is 0.199. The topological polar surface area (TPSA) is 76.5 Å². The Morgan fingerprint density at radius 2 is 2.16 bits per heavy atom. The van der Waals surface area contributed by atoms with E-state index in [1.807, 2.05) is 23.6 Å². The molecule has 0 saturated heterocycles. The molecular formula is C13H13N5O. The van der Waals surface area contributed by atoms with E-state index in [9.17, 15) is 4.79 Å². The number of hydrogen-bond donors (Lipinski definition) is 1. The summed E-state index contributed by atoms with van der Waals surface area (Å²) >= 11 is 0. The molecule has 0 aromatic carbocycles. The second kappa shape index (κ2) is 4.31. The van der Waals surface area contributed by atoms with Gasteiger partial charge in [-0.1, -0.05) is 6.07 Å². The number of nitrogens with zero attached hydrogens (tertiary/aromatic N) is 4. The third-order valence-corrected chi connectivity index (χ3v) is 2.98. The van der Waals surface area contributed by atoms with E-state index in [1.165, 1.54) is 0 Å². The summed E-state index contributed by atoms with van der Waals surface area (Å²) in [7, 11) is 0. The lowest BCUT2D eigenvalue weighted by Gasteiger charge is -2.05. The first-order valence-electron chi connectivity index (χ1n) is 5.98. The number of H-pyrrole nitrogens is 1. The number of aromatic amines is 1. The number of nitrogens with one attached hydrogen (secondary N) is 1. The second-order valence-electron chi connectivity index (χ2n) is 4.43. The number of rotatable bonds is 2. The van der Waals surface area contributed by atoms with Crippen LogP contribution in [-0.4, -0.2) is 24.5 Å². The third kappa shape index (κ3) is 2.01. The van der Waals surface area contributed by atoms with Gasteiger partial charge in [-0.3, -0.25) is 9.78 Å². The molecule has 0 aliphatic heterocycles. The Balaban J connectivity index is 2.18. The zero-order valence-electron chi connectivity index (χ0n) is 10.7. The van der Waals surface area contributed by atoms with Crippen LogP contribution in [-0.2, 0) is 6.54 Å². The van der Waals surface area contributed by atoms with Crippen LogP contribution in [0.5, 0.6) is 0 Å². The van der Waals surface area contributed by atoms with E-state index < -0.39 is 0 Å². The maximum atomic E-state index is 11.8. The molecule has 3 heterocycles. The molecule has 96 valence electrons. The number of imidazole rings is 1. The lowest BCUT2D eigenvalue weighted by Crippen LogP contribution is -2.11. The van der Waals surface area contributed by atoms with Crippen molar-refractivity contribution < 1.29 is 0 Å². The molecule has 19 heavy (non-hydrogen) atoms. The lowest BCUT2D eigenvalue weighted by atomic mass is 10.3. The highest BCUT2D eigenvalue weighted by molar-refractivity contribution is 5.70. The fraction of sp³-hybridized carbons (Fsp3) is 0.231. The van der Waals surface area contributed by atoms with Crippen LogP contribution in [0.25, 0.3) is 11.2 Å². The number of aryl methyl sites for hydroxylation is 2. The average molecular weight is 255 g/mol. The Morgan fingerprint density at radius 3 is 2.89 bits per heavy atom. The van der Waals surface area contributed by atoms with Crippen molar-refractivity contribution in [3.05, 3.63) is 52.1 Å². The smallest absolute Gasteiger partial charge is 0.279 e. The van der Waals surface area contributed by atoms with Gasteiger partial charge < -0.3 is 9.55 Å². The van der Waals surface area contributed by atoms with E-state index >= 15 is 0 Å². The Morgan fingerprint density at radius 1 is 1.32 bits per heavy atom. The largest absolute Gasteiger partial charge is 0.309 e. The monoisotopic (exact) mass is 255 g/mol. The van der Waals surface area contributed by atoms with Gasteiger partial charge in [0, 0.05) is 12.4 Å². The van der Waals surface area contributed by atoms with Crippen LogP contribution in [0.4, 0.5) is 0 Å². The standard InChI is InChI=1S/C13H13N5O/c1-8-15-12-11(13(19)16-8)17-9(2)18(12)7-10-4-3-5-14-6-10/h3-6H,7H2,1-2H3,(H,15,16,19). The fourth-order valence-corrected chi connectivity index (χ4v) is 2.09. The Bertz CT molecular complexity index is 788. The molecule has 0 atom stereocenters. The van der Waals surface area contributed by atoms with Crippen LogP contribution >= 0.6 is 0 Å². The molecule has 0 unspecified atom stereocenters. The summed E-state index contributed by atoms with van der Waals surface area (Å²) in [5.74, 6) is 1.35. The van der Waals surface area contributed by atoms with Crippen LogP contribution in [0.2, 0.25) is 0 Å². The van der Waals surface area contributed by atoms with Gasteiger partial charge in [0.15, 0.2) is 11.2 Å². The second-order valence-corrected chi connectivity index (χ2v) is 4.43. The molecule has 0 saturated carbocycles. The maximum absolute atomic E-state index is 11.8. The van der Waals surface area contributed by atoms with Crippen molar-refractivity contribution in [3.8, 4) is 0 Å². The zero-order valence-corrected chi connectivity index (χ0v) is 10.7. The van der Waals surface area contributed by atoms with Crippen molar-refractivity contribution in [1.82, 2.24) is 24.5 Å². The molecule has 1 N–H and O–H groups in total. The van der Waals surface area contributed by atoms with Crippen molar-refractivity contribution in [2.24, 2.45) is 0 Å². The lowest BCUT2D eigenvalue weighted by molar-refractivity contribution is 0.771. The number of hydrogen-bond acceptors (Lipinski definition) is 4. The van der Waals surface area contributed by atoms with Crippen LogP contribution < -0.4 is 5.56 Å². The minimum Gasteiger partial charge on any atom is -0.309 e. The highest BCUT2D eigenvalue weighted by Crippen LogP contribution is 2.12. The molecule has 3 aromatic heterocycles. The summed E-state index contributed by atoms with van der Waals surface area (Å²) in [6.45, 7) is 4.23. The van der Waals surface area contributed by atoms with E-state index in [0.29, 0.717) is 23.5 Å². The van der Waals surface area contributed by atoms with E-state index in [0.717, 1.165) is 11.4 Å². The molecule has 0 bridgehead atoms. The van der Waals surface area contributed by atoms with Gasteiger partial charge in [-0.2, -0.15) is 0 Å². The highest BCUT2D eigenvalue weighted by Gasteiger charge is 2.12. The molecule has 0 amide bonds. The first-order valence-corrected chi connectivity index (χ1v) is 5.98. The summed E-state index contributed by atoms with van der Waals surface area (Å²) < 4.78 is 1.93. The molecule has 0 spiro atoms. The van der Waals surface area contributed by atoms with E-state index in [1.54, 1.807) is 19.3 Å². The quantitative estimate of drug-likeness (QED) is 0.746. The van der Waals surface area contributed by atoms with Crippen LogP contribution in [0.15, 0.2) is 29.3 Å². The first kappa shape index (κ1) is 11.6. The summed E-state index contributed by atoms with van der Waals surface area (Å²) in [5, 5.41) is 0. The Labute approximate surface area is 109 Å². The van der Waals surface area contributed by atoms with Crippen molar-refractivity contribution in [1.29, 1.82) is 0 Å². The molecular weight excluding hydrogens is 242 g/mol. The molecule has 6 nitrogen and oxygen atoms in total. The van der Waals surface area contributed by atoms with E-state index in [-0.39, 0.29) is 5.56 Å². The van der Waals surface area contributed by atoms with Gasteiger partial charge >= 0.3 is 0 Å². The van der Waals surface area contributed by atoms with Gasteiger partial charge in [0.05, 0.1) is 6.54 Å². The van der Waals surface area contributed by atoms with Gasteiger partial charge in [-0.05, 0) is 25.5 Å². The van der Waals surface area contributed by atoms with Gasteiger partial charge in [0.2, 0.25) is 0 Å². The van der Waals surface area contributed by atoms with Gasteiger partial charge in [-0.25, -0.2) is 9.97 Å². The maximum Gasteiger partial charge on any atom is 0.279 e. The average Bonchev–Trinajstić information content (AvgIpc) is 2.69. The first-order chi connectivity index (χ1) is 9.15. The summed E-state index contributed by atoms with van der Waals surface area (Å²) in [6.07, 6.45) is 3.53.